The van der Waals surface area contributed by atoms with Gasteiger partial charge in [0, 0.05) is 18.7 Å². The van der Waals surface area contributed by atoms with Crippen molar-refractivity contribution in [3.05, 3.63) is 41.5 Å². The fourth-order valence-electron chi connectivity index (χ4n) is 2.88. The molecule has 2 aliphatic rings. The summed E-state index contributed by atoms with van der Waals surface area (Å²) >= 11 is 0. The van der Waals surface area contributed by atoms with Crippen molar-refractivity contribution in [2.24, 2.45) is 0 Å². The molecule has 0 radical (unpaired) electrons. The third-order valence-corrected chi connectivity index (χ3v) is 4.32. The second-order valence-electron chi connectivity index (χ2n) is 5.86. The molecule has 1 aliphatic carbocycles. The van der Waals surface area contributed by atoms with E-state index in [4.69, 9.17) is 0 Å². The molecule has 0 aromatic carbocycles. The van der Waals surface area contributed by atoms with Gasteiger partial charge in [0.2, 0.25) is 0 Å². The lowest BCUT2D eigenvalue weighted by molar-refractivity contribution is 0.0625. The molecule has 3 heterocycles. The highest BCUT2D eigenvalue weighted by atomic mass is 19.1. The Bertz CT molecular complexity index is 739. The third kappa shape index (κ3) is 2.08. The molecule has 2 aromatic rings. The summed E-state index contributed by atoms with van der Waals surface area (Å²) in [5.74, 6) is 1.23. The van der Waals surface area contributed by atoms with Crippen molar-refractivity contribution < 1.29 is 9.18 Å². The average molecular weight is 301 g/mol. The summed E-state index contributed by atoms with van der Waals surface area (Å²) < 4.78 is 15.7. The van der Waals surface area contributed by atoms with Gasteiger partial charge in [0.15, 0.2) is 11.6 Å². The van der Waals surface area contributed by atoms with E-state index in [0.717, 1.165) is 30.7 Å². The first-order valence-electron chi connectivity index (χ1n) is 7.50. The van der Waals surface area contributed by atoms with Crippen LogP contribution in [0.25, 0.3) is 0 Å². The predicted octanol–water partition coefficient (Wildman–Crippen LogP) is 1.91. The lowest BCUT2D eigenvalue weighted by Gasteiger charge is -2.33. The monoisotopic (exact) mass is 301 g/mol. The minimum Gasteiger partial charge on any atom is -0.327 e. The van der Waals surface area contributed by atoms with Crippen molar-refractivity contribution in [2.45, 2.75) is 38.3 Å². The molecule has 1 amide bonds. The summed E-state index contributed by atoms with van der Waals surface area (Å²) in [5.41, 5.74) is 0.0530. The van der Waals surface area contributed by atoms with Gasteiger partial charge in [0.1, 0.15) is 5.82 Å². The molecule has 1 aliphatic heterocycles. The number of rotatable bonds is 2. The van der Waals surface area contributed by atoms with Crippen molar-refractivity contribution in [3.63, 3.8) is 0 Å². The fraction of sp³-hybridized carbons (Fsp3) is 0.467. The number of aromatic nitrogens is 4. The second-order valence-corrected chi connectivity index (χ2v) is 5.86. The molecule has 0 N–H and O–H groups in total. The number of hydrogen-bond donors (Lipinski definition) is 0. The van der Waals surface area contributed by atoms with E-state index in [2.05, 4.69) is 15.1 Å². The zero-order valence-electron chi connectivity index (χ0n) is 12.2. The van der Waals surface area contributed by atoms with Gasteiger partial charge in [-0.05, 0) is 25.8 Å². The highest BCUT2D eigenvalue weighted by Crippen LogP contribution is 2.39. The van der Waals surface area contributed by atoms with Crippen LogP contribution in [0.5, 0.6) is 0 Å². The van der Waals surface area contributed by atoms with Gasteiger partial charge in [0.05, 0.1) is 24.3 Å². The molecule has 1 atom stereocenters. The summed E-state index contributed by atoms with van der Waals surface area (Å²) in [5, 5.41) is 4.53. The van der Waals surface area contributed by atoms with Gasteiger partial charge < -0.3 is 4.90 Å². The molecule has 0 spiro atoms. The molecule has 0 saturated heterocycles. The minimum absolute atomic E-state index is 0.0530. The van der Waals surface area contributed by atoms with E-state index in [1.54, 1.807) is 4.90 Å². The van der Waals surface area contributed by atoms with Crippen LogP contribution in [-0.4, -0.2) is 37.1 Å². The van der Waals surface area contributed by atoms with Crippen LogP contribution in [-0.2, 0) is 6.54 Å². The Morgan fingerprint density at radius 2 is 2.18 bits per heavy atom. The number of nitrogens with zero attached hydrogens (tertiary/aromatic N) is 5. The predicted molar refractivity (Wildman–Crippen MR) is 75.6 cm³/mol. The molecule has 4 rings (SSSR count). The van der Waals surface area contributed by atoms with Crippen LogP contribution in [0, 0.1) is 5.82 Å². The van der Waals surface area contributed by atoms with Crippen molar-refractivity contribution in [1.29, 1.82) is 0 Å². The maximum atomic E-state index is 13.8. The summed E-state index contributed by atoms with van der Waals surface area (Å²) in [6, 6.07) is 1.20. The molecule has 0 bridgehead atoms. The van der Waals surface area contributed by atoms with Gasteiger partial charge in [0.25, 0.3) is 5.91 Å². The Balaban J connectivity index is 1.63. The molecule has 0 unspecified atom stereocenters. The summed E-state index contributed by atoms with van der Waals surface area (Å²) in [7, 11) is 0. The summed E-state index contributed by atoms with van der Waals surface area (Å²) in [4.78, 5) is 22.5. The SMILES string of the molecule is C[C@@H]1c2nc(C3CC3)nn2CCN1C(=O)c1ccncc1F. The smallest absolute Gasteiger partial charge is 0.257 e. The van der Waals surface area contributed by atoms with Crippen LogP contribution in [0.4, 0.5) is 4.39 Å². The number of carbonyl (C=O) groups excluding carboxylic acids is 1. The standard InChI is InChI=1S/C15H16FN5O/c1-9-14-18-13(10-2-3-10)19-21(14)7-6-20(9)15(22)11-4-5-17-8-12(11)16/h4-5,8-10H,2-3,6-7H2,1H3/t9-/m1/s1. The van der Waals surface area contributed by atoms with Gasteiger partial charge in [-0.15, -0.1) is 0 Å². The topological polar surface area (TPSA) is 63.9 Å². The molecule has 7 heteroatoms. The summed E-state index contributed by atoms with van der Waals surface area (Å²) in [6.07, 6.45) is 4.78. The maximum Gasteiger partial charge on any atom is 0.257 e. The lowest BCUT2D eigenvalue weighted by Crippen LogP contribution is -2.41. The van der Waals surface area contributed by atoms with Crippen molar-refractivity contribution in [3.8, 4) is 0 Å². The van der Waals surface area contributed by atoms with Crippen LogP contribution in [0.15, 0.2) is 18.5 Å². The molecule has 1 fully saturated rings. The number of halogens is 1. The van der Waals surface area contributed by atoms with Gasteiger partial charge in [-0.1, -0.05) is 0 Å². The quantitative estimate of drug-likeness (QED) is 0.850. The molecule has 2 aromatic heterocycles. The van der Waals surface area contributed by atoms with Crippen molar-refractivity contribution >= 4 is 5.91 Å². The largest absolute Gasteiger partial charge is 0.327 e. The van der Waals surface area contributed by atoms with E-state index >= 15 is 0 Å². The van der Waals surface area contributed by atoms with Crippen LogP contribution < -0.4 is 0 Å². The first-order chi connectivity index (χ1) is 10.6. The van der Waals surface area contributed by atoms with Crippen LogP contribution in [0.1, 0.15) is 53.7 Å². The van der Waals surface area contributed by atoms with E-state index in [1.807, 2.05) is 11.6 Å². The Hall–Kier alpha value is -2.31. The van der Waals surface area contributed by atoms with Crippen molar-refractivity contribution in [1.82, 2.24) is 24.6 Å². The number of pyridine rings is 1. The molecular weight excluding hydrogens is 285 g/mol. The Kier molecular flexibility index (Phi) is 2.95. The van der Waals surface area contributed by atoms with E-state index in [1.165, 1.54) is 12.3 Å². The van der Waals surface area contributed by atoms with E-state index in [0.29, 0.717) is 19.0 Å². The highest BCUT2D eigenvalue weighted by Gasteiger charge is 2.35. The molecule has 114 valence electrons. The molecular formula is C15H16FN5O. The van der Waals surface area contributed by atoms with Gasteiger partial charge in [-0.25, -0.2) is 14.1 Å². The second kappa shape index (κ2) is 4.86. The lowest BCUT2D eigenvalue weighted by atomic mass is 10.1. The Morgan fingerprint density at radius 1 is 1.36 bits per heavy atom. The number of hydrogen-bond acceptors (Lipinski definition) is 4. The Labute approximate surface area is 127 Å². The van der Waals surface area contributed by atoms with Crippen LogP contribution in [0.2, 0.25) is 0 Å². The van der Waals surface area contributed by atoms with E-state index < -0.39 is 5.82 Å². The first-order valence-corrected chi connectivity index (χ1v) is 7.50. The number of carbonyl (C=O) groups is 1. The van der Waals surface area contributed by atoms with Crippen LogP contribution in [0.3, 0.4) is 0 Å². The first kappa shape index (κ1) is 13.4. The van der Waals surface area contributed by atoms with Crippen molar-refractivity contribution in [2.75, 3.05) is 6.54 Å². The van der Waals surface area contributed by atoms with Crippen LogP contribution >= 0.6 is 0 Å². The normalized spacial score (nSPS) is 20.8. The van der Waals surface area contributed by atoms with Gasteiger partial charge >= 0.3 is 0 Å². The Morgan fingerprint density at radius 3 is 2.91 bits per heavy atom. The number of amides is 1. The maximum absolute atomic E-state index is 13.8. The fourth-order valence-corrected chi connectivity index (χ4v) is 2.88. The van der Waals surface area contributed by atoms with Gasteiger partial charge in [-0.3, -0.25) is 9.78 Å². The summed E-state index contributed by atoms with van der Waals surface area (Å²) in [6.45, 7) is 3.01. The zero-order chi connectivity index (χ0) is 15.3. The minimum atomic E-state index is -0.592. The number of fused-ring (bicyclic) bond motifs is 1. The zero-order valence-corrected chi connectivity index (χ0v) is 12.2. The third-order valence-electron chi connectivity index (χ3n) is 4.32. The van der Waals surface area contributed by atoms with Gasteiger partial charge in [-0.2, -0.15) is 5.10 Å². The molecule has 22 heavy (non-hydrogen) atoms. The average Bonchev–Trinajstić information content (AvgIpc) is 3.27. The van der Waals surface area contributed by atoms with E-state index in [-0.39, 0.29) is 17.5 Å². The molecule has 1 saturated carbocycles. The molecule has 6 nitrogen and oxygen atoms in total. The van der Waals surface area contributed by atoms with E-state index in [9.17, 15) is 9.18 Å². The highest BCUT2D eigenvalue weighted by molar-refractivity contribution is 5.94.